The molecule has 0 aromatic heterocycles. The average molecular weight is 284 g/mol. The fourth-order valence-corrected chi connectivity index (χ4v) is 2.02. The van der Waals surface area contributed by atoms with Gasteiger partial charge in [-0.15, -0.1) is 0 Å². The maximum Gasteiger partial charge on any atom is 0.419 e. The van der Waals surface area contributed by atoms with Gasteiger partial charge in [0.1, 0.15) is 5.75 Å². The smallest absolute Gasteiger partial charge is 0.410 e. The first-order chi connectivity index (χ1) is 10.2. The lowest BCUT2D eigenvalue weighted by molar-refractivity contribution is 0.207. The van der Waals surface area contributed by atoms with E-state index in [4.69, 9.17) is 10.5 Å². The molecule has 0 unspecified atom stereocenters. The second-order valence-corrected chi connectivity index (χ2v) is 4.81. The van der Waals surface area contributed by atoms with Gasteiger partial charge in [-0.3, -0.25) is 4.90 Å². The highest BCUT2D eigenvalue weighted by atomic mass is 16.6. The molecular weight excluding hydrogens is 264 g/mol. The van der Waals surface area contributed by atoms with E-state index in [0.29, 0.717) is 18.8 Å². The SMILES string of the molecule is Cc1cccc(N(CCCN)C(=O)Oc2ccccc2)c1. The maximum atomic E-state index is 12.4. The van der Waals surface area contributed by atoms with E-state index in [-0.39, 0.29) is 6.09 Å². The number of para-hydroxylation sites is 1. The summed E-state index contributed by atoms with van der Waals surface area (Å²) in [6.45, 7) is 3.06. The van der Waals surface area contributed by atoms with Crippen molar-refractivity contribution in [3.63, 3.8) is 0 Å². The van der Waals surface area contributed by atoms with Crippen LogP contribution in [0.15, 0.2) is 54.6 Å². The van der Waals surface area contributed by atoms with Crippen LogP contribution in [-0.2, 0) is 0 Å². The van der Waals surface area contributed by atoms with Crippen LogP contribution in [0, 0.1) is 6.92 Å². The molecule has 0 aliphatic rings. The van der Waals surface area contributed by atoms with Crippen molar-refractivity contribution < 1.29 is 9.53 Å². The first-order valence-corrected chi connectivity index (χ1v) is 7.02. The summed E-state index contributed by atoms with van der Waals surface area (Å²) in [6, 6.07) is 16.8. The molecule has 2 aromatic carbocycles. The third kappa shape index (κ3) is 4.33. The molecule has 4 heteroatoms. The molecule has 0 aliphatic heterocycles. The number of hydrogen-bond acceptors (Lipinski definition) is 3. The van der Waals surface area contributed by atoms with Crippen LogP contribution in [0.5, 0.6) is 5.75 Å². The zero-order valence-electron chi connectivity index (χ0n) is 12.2. The van der Waals surface area contributed by atoms with E-state index in [1.165, 1.54) is 0 Å². The second kappa shape index (κ2) is 7.45. The quantitative estimate of drug-likeness (QED) is 0.916. The molecule has 110 valence electrons. The number of rotatable bonds is 5. The summed E-state index contributed by atoms with van der Waals surface area (Å²) in [4.78, 5) is 14.0. The van der Waals surface area contributed by atoms with Crippen molar-refractivity contribution in [1.29, 1.82) is 0 Å². The Hall–Kier alpha value is -2.33. The topological polar surface area (TPSA) is 55.6 Å². The molecule has 1 amide bonds. The molecule has 0 saturated heterocycles. The van der Waals surface area contributed by atoms with Crippen LogP contribution in [0.4, 0.5) is 10.5 Å². The molecule has 0 fully saturated rings. The fraction of sp³-hybridized carbons (Fsp3) is 0.235. The number of aryl methyl sites for hydroxylation is 1. The van der Waals surface area contributed by atoms with Crippen molar-refractivity contribution in [2.24, 2.45) is 5.73 Å². The summed E-state index contributed by atoms with van der Waals surface area (Å²) >= 11 is 0. The Morgan fingerprint density at radius 1 is 1.14 bits per heavy atom. The van der Waals surface area contributed by atoms with Crippen LogP contribution >= 0.6 is 0 Å². The monoisotopic (exact) mass is 284 g/mol. The van der Waals surface area contributed by atoms with E-state index in [9.17, 15) is 4.79 Å². The lowest BCUT2D eigenvalue weighted by Crippen LogP contribution is -2.35. The van der Waals surface area contributed by atoms with E-state index in [0.717, 1.165) is 17.7 Å². The highest BCUT2D eigenvalue weighted by molar-refractivity contribution is 5.89. The van der Waals surface area contributed by atoms with Crippen LogP contribution in [0.25, 0.3) is 0 Å². The minimum atomic E-state index is -0.389. The van der Waals surface area contributed by atoms with Crippen molar-refractivity contribution >= 4 is 11.8 Å². The third-order valence-corrected chi connectivity index (χ3v) is 3.07. The second-order valence-electron chi connectivity index (χ2n) is 4.81. The van der Waals surface area contributed by atoms with Crippen molar-refractivity contribution in [3.05, 3.63) is 60.2 Å². The lowest BCUT2D eigenvalue weighted by Gasteiger charge is -2.22. The summed E-state index contributed by atoms with van der Waals surface area (Å²) in [5.74, 6) is 0.535. The number of carbonyl (C=O) groups is 1. The molecule has 0 spiro atoms. The van der Waals surface area contributed by atoms with Gasteiger partial charge in [-0.1, -0.05) is 30.3 Å². The Labute approximate surface area is 125 Å². The summed E-state index contributed by atoms with van der Waals surface area (Å²) in [5, 5.41) is 0. The lowest BCUT2D eigenvalue weighted by atomic mass is 10.2. The Bertz CT molecular complexity index is 584. The average Bonchev–Trinajstić information content (AvgIpc) is 2.49. The molecule has 2 aromatic rings. The Morgan fingerprint density at radius 3 is 2.57 bits per heavy atom. The number of anilines is 1. The van der Waals surface area contributed by atoms with Gasteiger partial charge in [-0.25, -0.2) is 4.79 Å². The Morgan fingerprint density at radius 2 is 1.90 bits per heavy atom. The molecule has 0 radical (unpaired) electrons. The molecule has 0 saturated carbocycles. The highest BCUT2D eigenvalue weighted by Gasteiger charge is 2.17. The van der Waals surface area contributed by atoms with Crippen molar-refractivity contribution in [3.8, 4) is 5.75 Å². The number of benzene rings is 2. The maximum absolute atomic E-state index is 12.4. The zero-order chi connectivity index (χ0) is 15.1. The van der Waals surface area contributed by atoms with Gasteiger partial charge in [0.25, 0.3) is 0 Å². The Kier molecular flexibility index (Phi) is 5.35. The van der Waals surface area contributed by atoms with E-state index >= 15 is 0 Å². The minimum Gasteiger partial charge on any atom is -0.410 e. The van der Waals surface area contributed by atoms with Gasteiger partial charge < -0.3 is 10.5 Å². The predicted octanol–water partition coefficient (Wildman–Crippen LogP) is 3.35. The van der Waals surface area contributed by atoms with Gasteiger partial charge in [0, 0.05) is 12.2 Å². The van der Waals surface area contributed by atoms with Crippen LogP contribution in [-0.4, -0.2) is 19.2 Å². The fourth-order valence-electron chi connectivity index (χ4n) is 2.02. The van der Waals surface area contributed by atoms with Crippen molar-refractivity contribution in [2.75, 3.05) is 18.0 Å². The van der Waals surface area contributed by atoms with Crippen LogP contribution in [0.1, 0.15) is 12.0 Å². The summed E-state index contributed by atoms with van der Waals surface area (Å²) in [5.41, 5.74) is 7.48. The zero-order valence-corrected chi connectivity index (χ0v) is 12.2. The number of ether oxygens (including phenoxy) is 1. The molecule has 0 atom stereocenters. The highest BCUT2D eigenvalue weighted by Crippen LogP contribution is 2.19. The molecular formula is C17H20N2O2. The molecule has 4 nitrogen and oxygen atoms in total. The number of carbonyl (C=O) groups excluding carboxylic acids is 1. The molecule has 2 rings (SSSR count). The minimum absolute atomic E-state index is 0.389. The number of nitrogens with zero attached hydrogens (tertiary/aromatic N) is 1. The standard InChI is InChI=1S/C17H20N2O2/c1-14-7-5-8-15(13-14)19(12-6-11-18)17(20)21-16-9-3-2-4-10-16/h2-5,7-10,13H,6,11-12,18H2,1H3. The normalized spacial score (nSPS) is 10.2. The van der Waals surface area contributed by atoms with E-state index in [1.54, 1.807) is 17.0 Å². The predicted molar refractivity (Wildman–Crippen MR) is 84.7 cm³/mol. The number of hydrogen-bond donors (Lipinski definition) is 1. The number of nitrogens with two attached hydrogens (primary N) is 1. The van der Waals surface area contributed by atoms with Gasteiger partial charge in [-0.05, 0) is 49.7 Å². The van der Waals surface area contributed by atoms with Gasteiger partial charge in [0.15, 0.2) is 0 Å². The van der Waals surface area contributed by atoms with Gasteiger partial charge in [0.2, 0.25) is 0 Å². The molecule has 0 bridgehead atoms. The molecule has 0 aliphatic carbocycles. The first kappa shape index (κ1) is 15.1. The molecule has 21 heavy (non-hydrogen) atoms. The summed E-state index contributed by atoms with van der Waals surface area (Å²) in [6.07, 6.45) is 0.331. The summed E-state index contributed by atoms with van der Waals surface area (Å²) in [7, 11) is 0. The van der Waals surface area contributed by atoms with Gasteiger partial charge >= 0.3 is 6.09 Å². The van der Waals surface area contributed by atoms with Crippen LogP contribution in [0.3, 0.4) is 0 Å². The van der Waals surface area contributed by atoms with Crippen LogP contribution < -0.4 is 15.4 Å². The molecule has 0 heterocycles. The third-order valence-electron chi connectivity index (χ3n) is 3.07. The van der Waals surface area contributed by atoms with Gasteiger partial charge in [-0.2, -0.15) is 0 Å². The van der Waals surface area contributed by atoms with E-state index in [2.05, 4.69) is 0 Å². The van der Waals surface area contributed by atoms with Crippen LogP contribution in [0.2, 0.25) is 0 Å². The van der Waals surface area contributed by atoms with Gasteiger partial charge in [0.05, 0.1) is 0 Å². The Balaban J connectivity index is 2.17. The summed E-state index contributed by atoms with van der Waals surface area (Å²) < 4.78 is 5.41. The first-order valence-electron chi connectivity index (χ1n) is 7.02. The van der Waals surface area contributed by atoms with E-state index in [1.807, 2.05) is 49.4 Å². The largest absolute Gasteiger partial charge is 0.419 e. The van der Waals surface area contributed by atoms with Crippen molar-refractivity contribution in [2.45, 2.75) is 13.3 Å². The van der Waals surface area contributed by atoms with Crippen molar-refractivity contribution in [1.82, 2.24) is 0 Å². The molecule has 2 N–H and O–H groups in total. The van der Waals surface area contributed by atoms with E-state index < -0.39 is 0 Å². The number of amides is 1.